The molecule has 8 heavy (non-hydrogen) atoms. The Morgan fingerprint density at radius 3 is 1.12 bits per heavy atom. The first-order valence-electron chi connectivity index (χ1n) is 1.39. The maximum Gasteiger partial charge on any atom is 0.668 e. The van der Waals surface area contributed by atoms with E-state index in [0.29, 0.717) is 0 Å². The molecule has 50 valence electrons. The minimum absolute atomic E-state index is 0.250. The van der Waals surface area contributed by atoms with Crippen LogP contribution in [0, 0.1) is 0 Å². The standard InChI is InChI=1S/CH2O2.H4O4Si/c2-1-3;1-5(2,3)4/h1H,(H,2,3);1-4H. The van der Waals surface area contributed by atoms with Crippen LogP contribution in [0.5, 0.6) is 0 Å². The lowest BCUT2D eigenvalue weighted by molar-refractivity contribution is -0.122. The van der Waals surface area contributed by atoms with Crippen molar-refractivity contribution in [1.29, 1.82) is 0 Å². The maximum atomic E-state index is 8.36. The van der Waals surface area contributed by atoms with Gasteiger partial charge in [0.15, 0.2) is 0 Å². The summed E-state index contributed by atoms with van der Waals surface area (Å²) in [5, 5.41) is 6.89. The zero-order valence-corrected chi connectivity index (χ0v) is 4.72. The highest BCUT2D eigenvalue weighted by Crippen LogP contribution is 1.67. The molecule has 0 atom stereocenters. The fraction of sp³-hybridized carbons (Fsp3) is 0. The van der Waals surface area contributed by atoms with Crippen LogP contribution in [0.2, 0.25) is 0 Å². The summed E-state index contributed by atoms with van der Waals surface area (Å²) in [5.41, 5.74) is 0. The van der Waals surface area contributed by atoms with Crippen molar-refractivity contribution < 1.29 is 29.1 Å². The SMILES string of the molecule is O=CO.O[Si](O)(O)O. The number of carboxylic acid groups (broad SMARTS) is 1. The molecular weight excluding hydrogens is 136 g/mol. The van der Waals surface area contributed by atoms with Gasteiger partial charge >= 0.3 is 9.05 Å². The monoisotopic (exact) mass is 142 g/mol. The molecule has 0 aromatic carbocycles. The van der Waals surface area contributed by atoms with Gasteiger partial charge in [0.05, 0.1) is 0 Å². The fourth-order valence-corrected chi connectivity index (χ4v) is 0. The third-order valence-electron chi connectivity index (χ3n) is 0. The quantitative estimate of drug-likeness (QED) is 0.183. The average Bonchev–Trinajstić information content (AvgIpc) is 1.27. The van der Waals surface area contributed by atoms with Crippen molar-refractivity contribution in [2.24, 2.45) is 0 Å². The molecule has 0 spiro atoms. The predicted octanol–water partition coefficient (Wildman–Crippen LogP) is -2.91. The topological polar surface area (TPSA) is 118 Å². The average molecular weight is 142 g/mol. The summed E-state index contributed by atoms with van der Waals surface area (Å²) in [6, 6.07) is 0. The summed E-state index contributed by atoms with van der Waals surface area (Å²) in [5.74, 6) is 0. The second kappa shape index (κ2) is 4.68. The highest BCUT2D eigenvalue weighted by Gasteiger charge is 2.22. The molecule has 0 aliphatic rings. The molecule has 0 bridgehead atoms. The Labute approximate surface area is 45.8 Å². The lowest BCUT2D eigenvalue weighted by Gasteiger charge is -1.91. The molecule has 0 unspecified atom stereocenters. The van der Waals surface area contributed by atoms with Crippen molar-refractivity contribution in [3.8, 4) is 0 Å². The van der Waals surface area contributed by atoms with E-state index in [2.05, 4.69) is 0 Å². The molecule has 0 fully saturated rings. The molecule has 0 aromatic rings. The molecule has 0 aliphatic heterocycles. The van der Waals surface area contributed by atoms with E-state index in [4.69, 9.17) is 29.1 Å². The van der Waals surface area contributed by atoms with E-state index >= 15 is 0 Å². The zero-order valence-electron chi connectivity index (χ0n) is 3.72. The first-order valence-corrected chi connectivity index (χ1v) is 3.18. The van der Waals surface area contributed by atoms with Gasteiger partial charge in [-0.2, -0.15) is 0 Å². The van der Waals surface area contributed by atoms with E-state index in [-0.39, 0.29) is 6.47 Å². The maximum absolute atomic E-state index is 8.36. The van der Waals surface area contributed by atoms with E-state index in [9.17, 15) is 0 Å². The number of rotatable bonds is 0. The predicted molar refractivity (Wildman–Crippen MR) is 23.3 cm³/mol. The summed E-state index contributed by atoms with van der Waals surface area (Å²) < 4.78 is 0. The van der Waals surface area contributed by atoms with Crippen LogP contribution in [0.4, 0.5) is 0 Å². The van der Waals surface area contributed by atoms with Gasteiger partial charge in [-0.15, -0.1) is 0 Å². The van der Waals surface area contributed by atoms with Gasteiger partial charge in [0.1, 0.15) is 0 Å². The van der Waals surface area contributed by atoms with Crippen LogP contribution < -0.4 is 0 Å². The van der Waals surface area contributed by atoms with Gasteiger partial charge in [-0.3, -0.25) is 4.79 Å². The van der Waals surface area contributed by atoms with Crippen LogP contribution in [-0.2, 0) is 4.79 Å². The lowest BCUT2D eigenvalue weighted by Crippen LogP contribution is -2.33. The van der Waals surface area contributed by atoms with Gasteiger partial charge in [-0.25, -0.2) is 0 Å². The summed E-state index contributed by atoms with van der Waals surface area (Å²) in [6.07, 6.45) is 0. The molecule has 0 saturated carbocycles. The van der Waals surface area contributed by atoms with Crippen LogP contribution in [0.3, 0.4) is 0 Å². The van der Waals surface area contributed by atoms with Gasteiger partial charge in [0.2, 0.25) is 0 Å². The van der Waals surface area contributed by atoms with Gasteiger partial charge in [0.25, 0.3) is 6.47 Å². The van der Waals surface area contributed by atoms with Crippen LogP contribution in [-0.4, -0.2) is 39.8 Å². The van der Waals surface area contributed by atoms with Crippen LogP contribution in [0.1, 0.15) is 0 Å². The third kappa shape index (κ3) is 506. The number of hydrogen-bond acceptors (Lipinski definition) is 5. The fourth-order valence-electron chi connectivity index (χ4n) is 0. The van der Waals surface area contributed by atoms with Gasteiger partial charge in [-0.1, -0.05) is 0 Å². The molecule has 6 nitrogen and oxygen atoms in total. The van der Waals surface area contributed by atoms with Gasteiger partial charge in [0, 0.05) is 0 Å². The zero-order chi connectivity index (χ0) is 7.21. The summed E-state index contributed by atoms with van der Waals surface area (Å²) in [6.45, 7) is -0.250. The second-order valence-electron chi connectivity index (χ2n) is 0.705. The van der Waals surface area contributed by atoms with Crippen molar-refractivity contribution in [3.63, 3.8) is 0 Å². The molecule has 5 N–H and O–H groups in total. The molecular formula is CH6O6Si. The molecule has 0 amide bonds. The van der Waals surface area contributed by atoms with Gasteiger partial charge < -0.3 is 24.3 Å². The van der Waals surface area contributed by atoms with Crippen molar-refractivity contribution in [1.82, 2.24) is 0 Å². The van der Waals surface area contributed by atoms with Crippen molar-refractivity contribution >= 4 is 15.5 Å². The number of carbonyl (C=O) groups is 1. The smallest absolute Gasteiger partial charge is 0.483 e. The Balaban J connectivity index is 0. The molecule has 0 rings (SSSR count). The molecule has 0 aromatic heterocycles. The normalized spacial score (nSPS) is 9.00. The van der Waals surface area contributed by atoms with Crippen LogP contribution in [0.15, 0.2) is 0 Å². The van der Waals surface area contributed by atoms with Crippen molar-refractivity contribution in [3.05, 3.63) is 0 Å². The van der Waals surface area contributed by atoms with Crippen LogP contribution in [0.25, 0.3) is 0 Å². The Bertz CT molecular complexity index is 48.0. The van der Waals surface area contributed by atoms with Gasteiger partial charge in [-0.05, 0) is 0 Å². The van der Waals surface area contributed by atoms with E-state index < -0.39 is 9.05 Å². The molecule has 0 radical (unpaired) electrons. The third-order valence-corrected chi connectivity index (χ3v) is 0. The van der Waals surface area contributed by atoms with E-state index in [1.165, 1.54) is 0 Å². The summed E-state index contributed by atoms with van der Waals surface area (Å²) in [4.78, 5) is 37.7. The van der Waals surface area contributed by atoms with E-state index in [1.807, 2.05) is 0 Å². The Morgan fingerprint density at radius 2 is 1.12 bits per heavy atom. The first-order chi connectivity index (χ1) is 3.41. The van der Waals surface area contributed by atoms with E-state index in [0.717, 1.165) is 0 Å². The summed E-state index contributed by atoms with van der Waals surface area (Å²) >= 11 is 0. The molecule has 0 saturated heterocycles. The van der Waals surface area contributed by atoms with E-state index in [1.54, 1.807) is 0 Å². The Hall–Kier alpha value is -0.473. The summed E-state index contributed by atoms with van der Waals surface area (Å²) in [7, 11) is -4.61. The molecule has 0 aliphatic carbocycles. The van der Waals surface area contributed by atoms with Crippen molar-refractivity contribution in [2.45, 2.75) is 0 Å². The minimum Gasteiger partial charge on any atom is -0.483 e. The molecule has 0 heterocycles. The highest BCUT2D eigenvalue weighted by atomic mass is 28.4. The molecule has 7 heteroatoms. The Kier molecular flexibility index (Phi) is 6.14. The highest BCUT2D eigenvalue weighted by molar-refractivity contribution is 6.46. The lowest BCUT2D eigenvalue weighted by atomic mass is 11.7. The largest absolute Gasteiger partial charge is 0.668 e. The van der Waals surface area contributed by atoms with Crippen molar-refractivity contribution in [2.75, 3.05) is 0 Å². The number of hydrogen-bond donors (Lipinski definition) is 5. The van der Waals surface area contributed by atoms with Crippen LogP contribution >= 0.6 is 0 Å². The minimum atomic E-state index is -4.61. The first kappa shape index (κ1) is 10.5. The second-order valence-corrected chi connectivity index (χ2v) is 1.91. The Morgan fingerprint density at radius 1 is 1.12 bits per heavy atom.